The van der Waals surface area contributed by atoms with Gasteiger partial charge >= 0.3 is 5.97 Å². The molecule has 0 aromatic rings. The minimum atomic E-state index is -0.0931. The summed E-state index contributed by atoms with van der Waals surface area (Å²) in [7, 11) is 1.46. The molecule has 0 unspecified atom stereocenters. The topological polar surface area (TPSA) is 38.3 Å². The molecule has 0 bridgehead atoms. The van der Waals surface area contributed by atoms with Gasteiger partial charge in [-0.1, -0.05) is 6.42 Å². The van der Waals surface area contributed by atoms with E-state index < -0.39 is 0 Å². The Bertz CT molecular complexity index is 186. The smallest absolute Gasteiger partial charge is 0.322 e. The molecule has 3 atom stereocenters. The Hall–Kier alpha value is -0.280. The molecule has 1 aliphatic carbocycles. The highest BCUT2D eigenvalue weighted by molar-refractivity contribution is 5.85. The van der Waals surface area contributed by atoms with Gasteiger partial charge < -0.3 is 10.1 Å². The Labute approximate surface area is 84.6 Å². The summed E-state index contributed by atoms with van der Waals surface area (Å²) in [5.74, 6) is 0.637. The van der Waals surface area contributed by atoms with Crippen molar-refractivity contribution in [1.29, 1.82) is 0 Å². The number of fused-ring (bicyclic) bond motifs is 1. The largest absolute Gasteiger partial charge is 0.468 e. The van der Waals surface area contributed by atoms with Crippen LogP contribution in [0.25, 0.3) is 0 Å². The van der Waals surface area contributed by atoms with Crippen LogP contribution in [0.4, 0.5) is 0 Å². The van der Waals surface area contributed by atoms with Gasteiger partial charge in [-0.15, -0.1) is 12.4 Å². The van der Waals surface area contributed by atoms with E-state index >= 15 is 0 Å². The monoisotopic (exact) mass is 205 g/mol. The van der Waals surface area contributed by atoms with Crippen molar-refractivity contribution < 1.29 is 9.53 Å². The SMILES string of the molecule is COC(=O)[C@@H]1C[C@@H]2CCC[C@@H]2N1.Cl. The normalized spacial score (nSPS) is 36.5. The molecule has 13 heavy (non-hydrogen) atoms. The molecule has 3 nitrogen and oxygen atoms in total. The van der Waals surface area contributed by atoms with Crippen LogP contribution in [0.2, 0.25) is 0 Å². The lowest BCUT2D eigenvalue weighted by Gasteiger charge is -2.09. The molecule has 1 heterocycles. The standard InChI is InChI=1S/C9H15NO2.ClH/c1-12-9(11)8-5-6-3-2-4-7(6)10-8;/h6-8,10H,2-5H2,1H3;1H/t6-,7-,8-;/m0./s1. The molecule has 2 aliphatic rings. The first-order valence-electron chi connectivity index (χ1n) is 4.65. The van der Waals surface area contributed by atoms with Gasteiger partial charge in [-0.25, -0.2) is 0 Å². The fraction of sp³-hybridized carbons (Fsp3) is 0.889. The van der Waals surface area contributed by atoms with Crippen LogP contribution < -0.4 is 5.32 Å². The molecule has 0 aromatic heterocycles. The molecule has 2 rings (SSSR count). The maximum atomic E-state index is 11.2. The van der Waals surface area contributed by atoms with E-state index in [1.165, 1.54) is 26.4 Å². The van der Waals surface area contributed by atoms with Crippen molar-refractivity contribution in [2.24, 2.45) is 5.92 Å². The number of carbonyl (C=O) groups is 1. The summed E-state index contributed by atoms with van der Waals surface area (Å²) in [5.41, 5.74) is 0. The van der Waals surface area contributed by atoms with Gasteiger partial charge in [0.1, 0.15) is 6.04 Å². The van der Waals surface area contributed by atoms with E-state index in [0.717, 1.165) is 12.3 Å². The quantitative estimate of drug-likeness (QED) is 0.652. The molecule has 4 heteroatoms. The van der Waals surface area contributed by atoms with Crippen LogP contribution in [-0.4, -0.2) is 25.2 Å². The third kappa shape index (κ3) is 1.97. The van der Waals surface area contributed by atoms with E-state index in [9.17, 15) is 4.79 Å². The first-order chi connectivity index (χ1) is 5.81. The molecule has 0 radical (unpaired) electrons. The predicted molar refractivity (Wildman–Crippen MR) is 51.9 cm³/mol. The van der Waals surface area contributed by atoms with Crippen LogP contribution in [0, 0.1) is 5.92 Å². The number of hydrogen-bond donors (Lipinski definition) is 1. The van der Waals surface area contributed by atoms with Crippen molar-refractivity contribution in [1.82, 2.24) is 5.32 Å². The average Bonchev–Trinajstić information content (AvgIpc) is 2.60. The lowest BCUT2D eigenvalue weighted by molar-refractivity contribution is -0.142. The van der Waals surface area contributed by atoms with Crippen LogP contribution in [0.1, 0.15) is 25.7 Å². The van der Waals surface area contributed by atoms with Crippen molar-refractivity contribution in [2.45, 2.75) is 37.8 Å². The highest BCUT2D eigenvalue weighted by Crippen LogP contribution is 2.34. The fourth-order valence-corrected chi connectivity index (χ4v) is 2.47. The van der Waals surface area contributed by atoms with Crippen molar-refractivity contribution in [3.05, 3.63) is 0 Å². The molecule has 1 saturated heterocycles. The van der Waals surface area contributed by atoms with Gasteiger partial charge in [-0.05, 0) is 25.2 Å². The highest BCUT2D eigenvalue weighted by Gasteiger charge is 2.39. The van der Waals surface area contributed by atoms with Crippen LogP contribution in [-0.2, 0) is 9.53 Å². The van der Waals surface area contributed by atoms with E-state index in [1.807, 2.05) is 0 Å². The molecule has 0 amide bonds. The molecular weight excluding hydrogens is 190 g/mol. The van der Waals surface area contributed by atoms with Gasteiger partial charge in [-0.3, -0.25) is 4.79 Å². The zero-order valence-electron chi connectivity index (χ0n) is 7.79. The van der Waals surface area contributed by atoms with Gasteiger partial charge in [0.2, 0.25) is 0 Å². The van der Waals surface area contributed by atoms with Crippen LogP contribution in [0.5, 0.6) is 0 Å². The third-order valence-corrected chi connectivity index (χ3v) is 3.10. The molecule has 2 fully saturated rings. The van der Waals surface area contributed by atoms with E-state index in [1.54, 1.807) is 0 Å². The zero-order valence-corrected chi connectivity index (χ0v) is 8.60. The molecule has 76 valence electrons. The molecule has 1 N–H and O–H groups in total. The van der Waals surface area contributed by atoms with Crippen molar-refractivity contribution in [2.75, 3.05) is 7.11 Å². The van der Waals surface area contributed by atoms with Crippen LogP contribution in [0.3, 0.4) is 0 Å². The predicted octanol–water partition coefficient (Wildman–Crippen LogP) is 1.11. The average molecular weight is 206 g/mol. The Morgan fingerprint density at radius 1 is 1.46 bits per heavy atom. The molecule has 1 aliphatic heterocycles. The number of methoxy groups -OCH3 is 1. The first kappa shape index (κ1) is 10.8. The number of esters is 1. The second kappa shape index (κ2) is 4.29. The van der Waals surface area contributed by atoms with Crippen molar-refractivity contribution >= 4 is 18.4 Å². The number of halogens is 1. The lowest BCUT2D eigenvalue weighted by atomic mass is 10.0. The molecular formula is C9H16ClNO2. The van der Waals surface area contributed by atoms with Gasteiger partial charge in [0.05, 0.1) is 7.11 Å². The Morgan fingerprint density at radius 2 is 2.23 bits per heavy atom. The van der Waals surface area contributed by atoms with E-state index in [2.05, 4.69) is 5.32 Å². The number of ether oxygens (including phenoxy) is 1. The summed E-state index contributed by atoms with van der Waals surface area (Å²) < 4.78 is 4.70. The van der Waals surface area contributed by atoms with Crippen molar-refractivity contribution in [3.63, 3.8) is 0 Å². The number of rotatable bonds is 1. The van der Waals surface area contributed by atoms with Crippen LogP contribution in [0.15, 0.2) is 0 Å². The Balaban J connectivity index is 0.000000845. The van der Waals surface area contributed by atoms with E-state index in [-0.39, 0.29) is 24.4 Å². The van der Waals surface area contributed by atoms with Gasteiger partial charge in [0, 0.05) is 6.04 Å². The van der Waals surface area contributed by atoms with Gasteiger partial charge in [-0.2, -0.15) is 0 Å². The lowest BCUT2D eigenvalue weighted by Crippen LogP contribution is -2.35. The maximum absolute atomic E-state index is 11.2. The number of carbonyl (C=O) groups excluding carboxylic acids is 1. The van der Waals surface area contributed by atoms with E-state index in [4.69, 9.17) is 4.74 Å². The summed E-state index contributed by atoms with van der Waals surface area (Å²) in [6.07, 6.45) is 4.82. The minimum absolute atomic E-state index is 0. The second-order valence-electron chi connectivity index (χ2n) is 3.78. The van der Waals surface area contributed by atoms with Crippen molar-refractivity contribution in [3.8, 4) is 0 Å². The van der Waals surface area contributed by atoms with Gasteiger partial charge in [0.25, 0.3) is 0 Å². The summed E-state index contributed by atoms with van der Waals surface area (Å²) in [5, 5.41) is 3.33. The fourth-order valence-electron chi connectivity index (χ4n) is 2.47. The zero-order chi connectivity index (χ0) is 8.55. The first-order valence-corrected chi connectivity index (χ1v) is 4.65. The molecule has 1 saturated carbocycles. The highest BCUT2D eigenvalue weighted by atomic mass is 35.5. The maximum Gasteiger partial charge on any atom is 0.322 e. The summed E-state index contributed by atoms with van der Waals surface area (Å²) >= 11 is 0. The Morgan fingerprint density at radius 3 is 2.85 bits per heavy atom. The third-order valence-electron chi connectivity index (χ3n) is 3.10. The minimum Gasteiger partial charge on any atom is -0.468 e. The number of hydrogen-bond acceptors (Lipinski definition) is 3. The number of nitrogens with one attached hydrogen (secondary N) is 1. The summed E-state index contributed by atoms with van der Waals surface area (Å²) in [6.45, 7) is 0. The van der Waals surface area contributed by atoms with E-state index in [0.29, 0.717) is 6.04 Å². The summed E-state index contributed by atoms with van der Waals surface area (Å²) in [4.78, 5) is 11.2. The summed E-state index contributed by atoms with van der Waals surface area (Å²) in [6, 6.07) is 0.569. The molecule has 0 spiro atoms. The Kier molecular flexibility index (Phi) is 3.56. The van der Waals surface area contributed by atoms with Gasteiger partial charge in [0.15, 0.2) is 0 Å². The second-order valence-corrected chi connectivity index (χ2v) is 3.78. The molecule has 0 aromatic carbocycles. The van der Waals surface area contributed by atoms with Crippen LogP contribution >= 0.6 is 12.4 Å².